The lowest BCUT2D eigenvalue weighted by Crippen LogP contribution is -2.39. The Hall–Kier alpha value is -4.63. The van der Waals surface area contributed by atoms with Crippen LogP contribution < -0.4 is 0 Å². The number of benzene rings is 5. The quantitative estimate of drug-likeness (QED) is 0.102. The second-order valence-corrected chi connectivity index (χ2v) is 11.6. The lowest BCUT2D eigenvalue weighted by atomic mass is 10.1. The largest absolute Gasteiger partial charge is 0.457 e. The molecule has 0 aliphatic carbocycles. The van der Waals surface area contributed by atoms with E-state index >= 15 is 0 Å². The summed E-state index contributed by atoms with van der Waals surface area (Å²) in [6.45, 7) is 1.72. The van der Waals surface area contributed by atoms with Gasteiger partial charge in [0.1, 0.15) is 24.9 Å². The predicted octanol–water partition coefficient (Wildman–Crippen LogP) is 7.67. The summed E-state index contributed by atoms with van der Waals surface area (Å²) in [5, 5.41) is 0. The molecule has 0 radical (unpaired) electrons. The van der Waals surface area contributed by atoms with Crippen LogP contribution in [-0.4, -0.2) is 37.2 Å². The molecule has 0 N–H and O–H groups in total. The van der Waals surface area contributed by atoms with E-state index in [1.54, 1.807) is 6.07 Å². The van der Waals surface area contributed by atoms with Gasteiger partial charge in [-0.25, -0.2) is 4.79 Å². The Bertz CT molecular complexity index is 1670. The van der Waals surface area contributed by atoms with E-state index < -0.39 is 30.6 Å². The van der Waals surface area contributed by atoms with Crippen LogP contribution in [0, 0.1) is 0 Å². The molecule has 1 fully saturated rings. The molecule has 1 heterocycles. The molecular weight excluding hydrogens is 604 g/mol. The summed E-state index contributed by atoms with van der Waals surface area (Å²) in [6, 6.07) is 46.9. The van der Waals surface area contributed by atoms with Crippen molar-refractivity contribution in [3.63, 3.8) is 0 Å². The fourth-order valence-electron chi connectivity index (χ4n) is 5.56. The average molecular weight is 645 g/mol. The standard InChI is InChI=1S/C41H40O7/c42-40(46-28-34-21-11-4-12-22-34)36-24-14-13-23-35(36)29-47-41-39(45-27-33-19-9-3-10-20-33)38(44-26-32-17-7-2-8-18-32)37(48-41)30-43-25-31-15-5-1-6-16-31/h1-24,37-39,41H,25-30H2/t37-,38-,39+,41+/m1/s1. The minimum atomic E-state index is -0.784. The van der Waals surface area contributed by atoms with Gasteiger partial charge in [0, 0.05) is 0 Å². The normalized spacial score (nSPS) is 18.8. The molecule has 4 atom stereocenters. The van der Waals surface area contributed by atoms with Gasteiger partial charge in [-0.3, -0.25) is 0 Å². The van der Waals surface area contributed by atoms with Gasteiger partial charge in [0.25, 0.3) is 0 Å². The topological polar surface area (TPSA) is 72.5 Å². The van der Waals surface area contributed by atoms with E-state index in [4.69, 9.17) is 28.4 Å². The molecule has 5 aromatic carbocycles. The van der Waals surface area contributed by atoms with E-state index in [2.05, 4.69) is 0 Å². The molecule has 48 heavy (non-hydrogen) atoms. The van der Waals surface area contributed by atoms with Crippen LogP contribution >= 0.6 is 0 Å². The lowest BCUT2D eigenvalue weighted by Gasteiger charge is -2.25. The van der Waals surface area contributed by atoms with Crippen molar-refractivity contribution >= 4 is 5.97 Å². The molecule has 7 heteroatoms. The zero-order valence-electron chi connectivity index (χ0n) is 26.8. The van der Waals surface area contributed by atoms with Crippen molar-refractivity contribution in [3.8, 4) is 0 Å². The Morgan fingerprint density at radius 3 is 1.56 bits per heavy atom. The van der Waals surface area contributed by atoms with Crippen molar-refractivity contribution in [3.05, 3.63) is 179 Å². The maximum atomic E-state index is 13.1. The van der Waals surface area contributed by atoms with Gasteiger partial charge in [-0.2, -0.15) is 0 Å². The van der Waals surface area contributed by atoms with Gasteiger partial charge in [0.05, 0.1) is 38.6 Å². The number of rotatable bonds is 16. The molecule has 1 aliphatic rings. The van der Waals surface area contributed by atoms with Crippen LogP contribution in [0.4, 0.5) is 0 Å². The van der Waals surface area contributed by atoms with Crippen molar-refractivity contribution < 1.29 is 33.2 Å². The van der Waals surface area contributed by atoms with Crippen LogP contribution in [0.2, 0.25) is 0 Å². The molecule has 0 aromatic heterocycles. The van der Waals surface area contributed by atoms with Gasteiger partial charge in [-0.1, -0.05) is 140 Å². The van der Waals surface area contributed by atoms with E-state index in [1.807, 2.05) is 140 Å². The number of esters is 1. The minimum absolute atomic E-state index is 0.107. The first kappa shape index (κ1) is 33.3. The summed E-state index contributed by atoms with van der Waals surface area (Å²) in [5.41, 5.74) is 5.17. The highest BCUT2D eigenvalue weighted by atomic mass is 16.7. The van der Waals surface area contributed by atoms with E-state index in [0.717, 1.165) is 22.3 Å². The van der Waals surface area contributed by atoms with Crippen LogP contribution in [0.5, 0.6) is 0 Å². The maximum absolute atomic E-state index is 13.1. The molecule has 1 aliphatic heterocycles. The highest BCUT2D eigenvalue weighted by Crippen LogP contribution is 2.31. The Balaban J connectivity index is 1.18. The third kappa shape index (κ3) is 9.47. The van der Waals surface area contributed by atoms with Gasteiger partial charge in [0.2, 0.25) is 0 Å². The van der Waals surface area contributed by atoms with Gasteiger partial charge in [-0.05, 0) is 33.9 Å². The Morgan fingerprint density at radius 2 is 0.979 bits per heavy atom. The zero-order chi connectivity index (χ0) is 32.8. The van der Waals surface area contributed by atoms with Crippen molar-refractivity contribution in [1.82, 2.24) is 0 Å². The number of hydrogen-bond donors (Lipinski definition) is 0. The molecule has 0 bridgehead atoms. The number of hydrogen-bond acceptors (Lipinski definition) is 7. The predicted molar refractivity (Wildman–Crippen MR) is 182 cm³/mol. The monoisotopic (exact) mass is 644 g/mol. The van der Waals surface area contributed by atoms with Crippen LogP contribution in [0.15, 0.2) is 146 Å². The van der Waals surface area contributed by atoms with Crippen molar-refractivity contribution in [2.24, 2.45) is 0 Å². The highest BCUT2D eigenvalue weighted by Gasteiger charge is 2.47. The molecule has 0 amide bonds. The van der Waals surface area contributed by atoms with Gasteiger partial charge in [0.15, 0.2) is 6.29 Å². The first-order valence-electron chi connectivity index (χ1n) is 16.2. The van der Waals surface area contributed by atoms with Crippen LogP contribution in [-0.2, 0) is 61.5 Å². The zero-order valence-corrected chi connectivity index (χ0v) is 26.8. The maximum Gasteiger partial charge on any atom is 0.338 e. The first-order valence-corrected chi connectivity index (χ1v) is 16.2. The van der Waals surface area contributed by atoms with Crippen molar-refractivity contribution in [2.45, 2.75) is 57.6 Å². The van der Waals surface area contributed by atoms with Crippen molar-refractivity contribution in [1.29, 1.82) is 0 Å². The minimum Gasteiger partial charge on any atom is -0.457 e. The lowest BCUT2D eigenvalue weighted by molar-refractivity contribution is -0.190. The Kier molecular flexibility index (Phi) is 12.1. The summed E-state index contributed by atoms with van der Waals surface area (Å²) >= 11 is 0. The van der Waals surface area contributed by atoms with Crippen LogP contribution in [0.25, 0.3) is 0 Å². The van der Waals surface area contributed by atoms with E-state index in [1.165, 1.54) is 0 Å². The third-order valence-corrected chi connectivity index (χ3v) is 8.08. The fraction of sp³-hybridized carbons (Fsp3) is 0.244. The third-order valence-electron chi connectivity index (χ3n) is 8.08. The van der Waals surface area contributed by atoms with Gasteiger partial charge >= 0.3 is 5.97 Å². The first-order chi connectivity index (χ1) is 23.7. The SMILES string of the molecule is O=C(OCc1ccccc1)c1ccccc1CO[C@H]1O[C@H](COCc2ccccc2)[C@@H](OCc2ccccc2)[C@@H]1OCc1ccccc1. The molecule has 0 saturated carbocycles. The average Bonchev–Trinajstić information content (AvgIpc) is 3.48. The van der Waals surface area contributed by atoms with E-state index in [-0.39, 0.29) is 19.8 Å². The summed E-state index contributed by atoms with van der Waals surface area (Å²) in [6.07, 6.45) is -2.31. The second kappa shape index (κ2) is 17.5. The number of carbonyl (C=O) groups is 1. The molecule has 5 aromatic rings. The van der Waals surface area contributed by atoms with E-state index in [0.29, 0.717) is 30.9 Å². The summed E-state index contributed by atoms with van der Waals surface area (Å²) < 4.78 is 37.8. The van der Waals surface area contributed by atoms with Gasteiger partial charge in [-0.15, -0.1) is 0 Å². The van der Waals surface area contributed by atoms with Crippen LogP contribution in [0.3, 0.4) is 0 Å². The second-order valence-electron chi connectivity index (χ2n) is 11.6. The van der Waals surface area contributed by atoms with Crippen molar-refractivity contribution in [2.75, 3.05) is 6.61 Å². The molecule has 0 spiro atoms. The van der Waals surface area contributed by atoms with Gasteiger partial charge < -0.3 is 28.4 Å². The number of carbonyl (C=O) groups excluding carboxylic acids is 1. The summed E-state index contributed by atoms with van der Waals surface area (Å²) in [7, 11) is 0. The van der Waals surface area contributed by atoms with Crippen LogP contribution in [0.1, 0.15) is 38.2 Å². The molecular formula is C41H40O7. The smallest absolute Gasteiger partial charge is 0.338 e. The summed E-state index contributed by atoms with van der Waals surface area (Å²) in [5.74, 6) is -0.418. The van der Waals surface area contributed by atoms with E-state index in [9.17, 15) is 4.79 Å². The molecule has 6 rings (SSSR count). The number of ether oxygens (including phenoxy) is 6. The molecule has 7 nitrogen and oxygen atoms in total. The molecule has 1 saturated heterocycles. The highest BCUT2D eigenvalue weighted by molar-refractivity contribution is 5.91. The summed E-state index contributed by atoms with van der Waals surface area (Å²) in [4.78, 5) is 13.1. The molecule has 246 valence electrons. The molecule has 0 unspecified atom stereocenters. The Labute approximate surface area is 282 Å². The fourth-order valence-corrected chi connectivity index (χ4v) is 5.56. The Morgan fingerprint density at radius 1 is 0.500 bits per heavy atom.